The molecule has 0 aliphatic carbocycles. The highest BCUT2D eigenvalue weighted by atomic mass is 35.5. The standard InChI is InChI=1S/C25H16ClFN2O4S/c1-33-18-5-3-2-4-16(18)21-20(22(30)13-6-8-14(26)9-7-13)23(31)24(32)29(21)25-28-17-11-10-15(27)12-19(17)34-25/h2-12,21,30H,1H3/b22-20+/t21-/m1/s1. The number of benzene rings is 3. The molecule has 3 aromatic carbocycles. The van der Waals surface area contributed by atoms with Crippen molar-refractivity contribution in [2.45, 2.75) is 6.04 Å². The molecule has 5 rings (SSSR count). The molecular formula is C25H16ClFN2O4S. The number of amides is 1. The van der Waals surface area contributed by atoms with Gasteiger partial charge in [-0.15, -0.1) is 0 Å². The minimum Gasteiger partial charge on any atom is -0.507 e. The van der Waals surface area contributed by atoms with Gasteiger partial charge in [-0.25, -0.2) is 9.37 Å². The van der Waals surface area contributed by atoms with E-state index in [-0.39, 0.29) is 16.5 Å². The summed E-state index contributed by atoms with van der Waals surface area (Å²) in [6.45, 7) is 0. The monoisotopic (exact) mass is 494 g/mol. The van der Waals surface area contributed by atoms with E-state index in [9.17, 15) is 19.1 Å². The molecule has 0 bridgehead atoms. The van der Waals surface area contributed by atoms with Crippen molar-refractivity contribution in [1.29, 1.82) is 0 Å². The highest BCUT2D eigenvalue weighted by Crippen LogP contribution is 2.46. The number of fused-ring (bicyclic) bond motifs is 1. The maximum Gasteiger partial charge on any atom is 0.301 e. The van der Waals surface area contributed by atoms with E-state index in [1.807, 2.05) is 0 Å². The molecule has 1 atom stereocenters. The number of methoxy groups -OCH3 is 1. The zero-order chi connectivity index (χ0) is 24.0. The quantitative estimate of drug-likeness (QED) is 0.223. The van der Waals surface area contributed by atoms with Crippen LogP contribution < -0.4 is 9.64 Å². The second kappa shape index (κ2) is 8.55. The van der Waals surface area contributed by atoms with Gasteiger partial charge in [0.2, 0.25) is 0 Å². The Morgan fingerprint density at radius 1 is 1.12 bits per heavy atom. The summed E-state index contributed by atoms with van der Waals surface area (Å²) in [5, 5.41) is 11.8. The molecule has 1 fully saturated rings. The maximum atomic E-state index is 13.8. The lowest BCUT2D eigenvalue weighted by Gasteiger charge is -2.24. The Labute approximate surface area is 202 Å². The Balaban J connectivity index is 1.76. The number of anilines is 1. The van der Waals surface area contributed by atoms with Crippen molar-refractivity contribution in [3.8, 4) is 5.75 Å². The molecule has 1 amide bonds. The normalized spacial score (nSPS) is 17.5. The van der Waals surface area contributed by atoms with Crippen molar-refractivity contribution in [1.82, 2.24) is 4.98 Å². The predicted molar refractivity (Wildman–Crippen MR) is 129 cm³/mol. The van der Waals surface area contributed by atoms with Crippen molar-refractivity contribution in [2.75, 3.05) is 12.0 Å². The Hall–Kier alpha value is -3.75. The molecule has 6 nitrogen and oxygen atoms in total. The second-order valence-corrected chi connectivity index (χ2v) is 8.97. The first-order valence-corrected chi connectivity index (χ1v) is 11.3. The topological polar surface area (TPSA) is 79.7 Å². The van der Waals surface area contributed by atoms with E-state index in [2.05, 4.69) is 4.98 Å². The molecular weight excluding hydrogens is 479 g/mol. The third kappa shape index (κ3) is 3.61. The van der Waals surface area contributed by atoms with Crippen LogP contribution in [0.3, 0.4) is 0 Å². The summed E-state index contributed by atoms with van der Waals surface area (Å²) in [6.07, 6.45) is 0. The highest BCUT2D eigenvalue weighted by Gasteiger charge is 2.49. The molecule has 1 aliphatic heterocycles. The van der Waals surface area contributed by atoms with Crippen LogP contribution in [-0.4, -0.2) is 28.9 Å². The number of aliphatic hydroxyl groups excluding tert-OH is 1. The number of nitrogens with zero attached hydrogens (tertiary/aromatic N) is 2. The third-order valence-electron chi connectivity index (χ3n) is 5.54. The lowest BCUT2D eigenvalue weighted by Crippen LogP contribution is -2.29. The van der Waals surface area contributed by atoms with Gasteiger partial charge in [-0.05, 0) is 48.5 Å². The number of thiazole rings is 1. The predicted octanol–water partition coefficient (Wildman–Crippen LogP) is 5.72. The van der Waals surface area contributed by atoms with Crippen molar-refractivity contribution < 1.29 is 23.8 Å². The van der Waals surface area contributed by atoms with Gasteiger partial charge in [0, 0.05) is 16.1 Å². The van der Waals surface area contributed by atoms with E-state index in [0.717, 1.165) is 11.3 Å². The fourth-order valence-electron chi connectivity index (χ4n) is 3.97. The van der Waals surface area contributed by atoms with Crippen LogP contribution in [0.5, 0.6) is 5.75 Å². The van der Waals surface area contributed by atoms with Crippen LogP contribution in [0.1, 0.15) is 17.2 Å². The minimum atomic E-state index is -1.02. The molecule has 0 radical (unpaired) electrons. The van der Waals surface area contributed by atoms with Crippen LogP contribution in [0, 0.1) is 5.82 Å². The first kappa shape index (κ1) is 22.1. The zero-order valence-corrected chi connectivity index (χ0v) is 19.2. The van der Waals surface area contributed by atoms with Crippen LogP contribution in [0.25, 0.3) is 16.0 Å². The van der Waals surface area contributed by atoms with Crippen molar-refractivity contribution in [3.05, 3.63) is 94.3 Å². The molecule has 4 aromatic rings. The SMILES string of the molecule is COc1ccccc1[C@@H]1/C(=C(\O)c2ccc(Cl)cc2)C(=O)C(=O)N1c1nc2ccc(F)cc2s1. The lowest BCUT2D eigenvalue weighted by molar-refractivity contribution is -0.132. The molecule has 0 spiro atoms. The number of para-hydroxylation sites is 1. The van der Waals surface area contributed by atoms with E-state index in [4.69, 9.17) is 16.3 Å². The average molecular weight is 495 g/mol. The molecule has 34 heavy (non-hydrogen) atoms. The Morgan fingerprint density at radius 3 is 2.59 bits per heavy atom. The summed E-state index contributed by atoms with van der Waals surface area (Å²) >= 11 is 7.05. The van der Waals surface area contributed by atoms with Gasteiger partial charge in [0.15, 0.2) is 5.13 Å². The van der Waals surface area contributed by atoms with Gasteiger partial charge in [0.05, 0.1) is 22.9 Å². The molecule has 0 unspecified atom stereocenters. The molecule has 1 N–H and O–H groups in total. The van der Waals surface area contributed by atoms with Gasteiger partial charge in [-0.1, -0.05) is 41.1 Å². The van der Waals surface area contributed by atoms with Crippen molar-refractivity contribution in [2.24, 2.45) is 0 Å². The number of hydrogen-bond donors (Lipinski definition) is 1. The largest absolute Gasteiger partial charge is 0.507 e. The third-order valence-corrected chi connectivity index (χ3v) is 6.81. The Morgan fingerprint density at radius 2 is 1.85 bits per heavy atom. The van der Waals surface area contributed by atoms with Crippen LogP contribution in [0.4, 0.5) is 9.52 Å². The second-order valence-electron chi connectivity index (χ2n) is 7.53. The molecule has 9 heteroatoms. The highest BCUT2D eigenvalue weighted by molar-refractivity contribution is 7.22. The summed E-state index contributed by atoms with van der Waals surface area (Å²) in [4.78, 5) is 32.3. The molecule has 1 aliphatic rings. The molecule has 1 saturated heterocycles. The smallest absolute Gasteiger partial charge is 0.301 e. The first-order valence-electron chi connectivity index (χ1n) is 10.1. The van der Waals surface area contributed by atoms with E-state index in [1.54, 1.807) is 48.5 Å². The Kier molecular flexibility index (Phi) is 5.55. The number of rotatable bonds is 4. The average Bonchev–Trinajstić information content (AvgIpc) is 3.36. The van der Waals surface area contributed by atoms with Crippen LogP contribution in [0.2, 0.25) is 5.02 Å². The fraction of sp³-hybridized carbons (Fsp3) is 0.0800. The van der Waals surface area contributed by atoms with Gasteiger partial charge in [-0.3, -0.25) is 14.5 Å². The number of ketones is 1. The van der Waals surface area contributed by atoms with Crippen LogP contribution in [-0.2, 0) is 9.59 Å². The number of ether oxygens (including phenoxy) is 1. The van der Waals surface area contributed by atoms with Gasteiger partial charge < -0.3 is 9.84 Å². The van der Waals surface area contributed by atoms with Crippen LogP contribution in [0.15, 0.2) is 72.3 Å². The van der Waals surface area contributed by atoms with Crippen molar-refractivity contribution in [3.63, 3.8) is 0 Å². The number of hydrogen-bond acceptors (Lipinski definition) is 6. The fourth-order valence-corrected chi connectivity index (χ4v) is 5.11. The Bertz CT molecular complexity index is 1480. The number of carbonyl (C=O) groups excluding carboxylic acids is 2. The summed E-state index contributed by atoms with van der Waals surface area (Å²) < 4.78 is 19.8. The van der Waals surface area contributed by atoms with Gasteiger partial charge in [0.1, 0.15) is 23.4 Å². The van der Waals surface area contributed by atoms with Gasteiger partial charge >= 0.3 is 5.91 Å². The van der Waals surface area contributed by atoms with E-state index < -0.39 is 23.5 Å². The number of halogens is 2. The summed E-state index contributed by atoms with van der Waals surface area (Å²) in [5.41, 5.74) is 1.20. The molecule has 170 valence electrons. The molecule has 2 heterocycles. The first-order chi connectivity index (χ1) is 16.4. The minimum absolute atomic E-state index is 0.109. The number of Topliss-reactive ketones (excluding diaryl/α,β-unsaturated/α-hetero) is 1. The summed E-state index contributed by atoms with van der Waals surface area (Å²) in [6, 6.07) is 16.3. The lowest BCUT2D eigenvalue weighted by atomic mass is 9.95. The maximum absolute atomic E-state index is 13.8. The van der Waals surface area contributed by atoms with E-state index in [0.29, 0.717) is 32.1 Å². The summed E-state index contributed by atoms with van der Waals surface area (Å²) in [7, 11) is 1.48. The van der Waals surface area contributed by atoms with Gasteiger partial charge in [-0.2, -0.15) is 0 Å². The van der Waals surface area contributed by atoms with E-state index in [1.165, 1.54) is 30.2 Å². The van der Waals surface area contributed by atoms with Gasteiger partial charge in [0.25, 0.3) is 5.78 Å². The number of aromatic nitrogens is 1. The van der Waals surface area contributed by atoms with Crippen LogP contribution >= 0.6 is 22.9 Å². The number of carbonyl (C=O) groups is 2. The molecule has 0 saturated carbocycles. The molecule has 1 aromatic heterocycles. The zero-order valence-electron chi connectivity index (χ0n) is 17.7. The number of aliphatic hydroxyl groups is 1. The van der Waals surface area contributed by atoms with E-state index >= 15 is 0 Å². The summed E-state index contributed by atoms with van der Waals surface area (Å²) in [5.74, 6) is -2.08. The van der Waals surface area contributed by atoms with Crippen molar-refractivity contribution >= 4 is 55.7 Å².